The Morgan fingerprint density at radius 1 is 1.29 bits per heavy atom. The van der Waals surface area contributed by atoms with Crippen molar-refractivity contribution in [1.29, 1.82) is 0 Å². The molecule has 0 unspecified atom stereocenters. The molecule has 0 aromatic carbocycles. The number of carbonyl (C=O) groups is 3. The van der Waals surface area contributed by atoms with E-state index in [1.165, 1.54) is 0 Å². The number of fused-ring (bicyclic) bond motifs is 1. The van der Waals surface area contributed by atoms with Crippen molar-refractivity contribution < 1.29 is 19.5 Å². The highest BCUT2D eigenvalue weighted by molar-refractivity contribution is 5.88. The van der Waals surface area contributed by atoms with Crippen LogP contribution in [0.5, 0.6) is 0 Å². The SMILES string of the molecule is CC(C)[C@@H](C(=O)O)N1C(=O)N[C@@H]2NC(=O)N[C@@H]21. The Balaban J connectivity index is 2.26. The van der Waals surface area contributed by atoms with Crippen LogP contribution in [0.25, 0.3) is 0 Å². The predicted octanol–water partition coefficient (Wildman–Crippen LogP) is -0.914. The van der Waals surface area contributed by atoms with Crippen LogP contribution in [-0.4, -0.2) is 46.4 Å². The molecule has 4 N–H and O–H groups in total. The monoisotopic (exact) mass is 242 g/mol. The highest BCUT2D eigenvalue weighted by Crippen LogP contribution is 2.21. The lowest BCUT2D eigenvalue weighted by Gasteiger charge is -2.30. The molecule has 0 saturated carbocycles. The largest absolute Gasteiger partial charge is 0.480 e. The second-order valence-electron chi connectivity index (χ2n) is 4.42. The molecule has 94 valence electrons. The van der Waals surface area contributed by atoms with Gasteiger partial charge in [-0.15, -0.1) is 0 Å². The Kier molecular flexibility index (Phi) is 2.56. The Bertz CT molecular complexity index is 383. The van der Waals surface area contributed by atoms with E-state index in [1.807, 2.05) is 0 Å². The Morgan fingerprint density at radius 2 is 1.94 bits per heavy atom. The predicted molar refractivity (Wildman–Crippen MR) is 55.9 cm³/mol. The van der Waals surface area contributed by atoms with Crippen LogP contribution < -0.4 is 16.0 Å². The number of aliphatic carboxylic acids is 1. The summed E-state index contributed by atoms with van der Waals surface area (Å²) in [5.41, 5.74) is 0. The van der Waals surface area contributed by atoms with Gasteiger partial charge in [-0.25, -0.2) is 14.4 Å². The van der Waals surface area contributed by atoms with Crippen LogP contribution in [0.4, 0.5) is 9.59 Å². The molecule has 4 amide bonds. The lowest BCUT2D eigenvalue weighted by atomic mass is 10.0. The first-order valence-corrected chi connectivity index (χ1v) is 5.30. The molecule has 8 nitrogen and oxygen atoms in total. The third-order valence-electron chi connectivity index (χ3n) is 2.88. The van der Waals surface area contributed by atoms with Gasteiger partial charge >= 0.3 is 18.0 Å². The summed E-state index contributed by atoms with van der Waals surface area (Å²) in [6.45, 7) is 3.42. The highest BCUT2D eigenvalue weighted by Gasteiger charge is 2.50. The smallest absolute Gasteiger partial charge is 0.326 e. The normalized spacial score (nSPS) is 28.5. The van der Waals surface area contributed by atoms with Crippen molar-refractivity contribution in [3.8, 4) is 0 Å². The summed E-state index contributed by atoms with van der Waals surface area (Å²) in [6.07, 6.45) is -1.23. The van der Waals surface area contributed by atoms with E-state index < -0.39 is 36.4 Å². The van der Waals surface area contributed by atoms with Crippen molar-refractivity contribution in [2.75, 3.05) is 0 Å². The molecule has 0 bridgehead atoms. The van der Waals surface area contributed by atoms with Gasteiger partial charge < -0.3 is 21.1 Å². The minimum Gasteiger partial charge on any atom is -0.480 e. The number of carbonyl (C=O) groups excluding carboxylic acids is 2. The lowest BCUT2D eigenvalue weighted by Crippen LogP contribution is -2.54. The second kappa shape index (κ2) is 3.79. The van der Waals surface area contributed by atoms with Gasteiger partial charge in [0.1, 0.15) is 18.4 Å². The van der Waals surface area contributed by atoms with E-state index in [-0.39, 0.29) is 5.92 Å². The van der Waals surface area contributed by atoms with Crippen LogP contribution in [0.1, 0.15) is 13.8 Å². The van der Waals surface area contributed by atoms with Gasteiger partial charge in [-0.05, 0) is 5.92 Å². The molecule has 0 spiro atoms. The van der Waals surface area contributed by atoms with E-state index in [0.717, 1.165) is 4.90 Å². The molecule has 2 heterocycles. The standard InChI is InChI=1S/C9H14N4O4/c1-3(2)4(7(14)15)13-6-5(11-9(13)17)10-8(16)12-6/h3-6H,1-2H3,(H,11,17)(H,14,15)(H2,10,12,16)/t4-,5-,6+/m0/s1. The van der Waals surface area contributed by atoms with Crippen molar-refractivity contribution >= 4 is 18.0 Å². The summed E-state index contributed by atoms with van der Waals surface area (Å²) in [7, 11) is 0. The maximum atomic E-state index is 11.7. The van der Waals surface area contributed by atoms with E-state index in [0.29, 0.717) is 0 Å². The van der Waals surface area contributed by atoms with Gasteiger partial charge in [0.15, 0.2) is 0 Å². The van der Waals surface area contributed by atoms with Gasteiger partial charge in [0, 0.05) is 0 Å². The Morgan fingerprint density at radius 3 is 2.47 bits per heavy atom. The lowest BCUT2D eigenvalue weighted by molar-refractivity contribution is -0.144. The average Bonchev–Trinajstić information content (AvgIpc) is 2.64. The van der Waals surface area contributed by atoms with E-state index in [2.05, 4.69) is 16.0 Å². The molecular formula is C9H14N4O4. The summed E-state index contributed by atoms with van der Waals surface area (Å²) in [6, 6.07) is -1.88. The molecule has 2 aliphatic rings. The first-order chi connectivity index (χ1) is 7.91. The van der Waals surface area contributed by atoms with Gasteiger partial charge in [-0.3, -0.25) is 4.90 Å². The molecule has 17 heavy (non-hydrogen) atoms. The van der Waals surface area contributed by atoms with Crippen molar-refractivity contribution in [1.82, 2.24) is 20.9 Å². The van der Waals surface area contributed by atoms with Crippen LogP contribution in [0.2, 0.25) is 0 Å². The number of nitrogens with one attached hydrogen (secondary N) is 3. The first kappa shape index (κ1) is 11.5. The van der Waals surface area contributed by atoms with Crippen LogP contribution in [0.15, 0.2) is 0 Å². The molecule has 0 aliphatic carbocycles. The number of hydrogen-bond acceptors (Lipinski definition) is 3. The average molecular weight is 242 g/mol. The van der Waals surface area contributed by atoms with Gasteiger partial charge in [-0.1, -0.05) is 13.8 Å². The van der Waals surface area contributed by atoms with Crippen molar-refractivity contribution in [2.45, 2.75) is 32.2 Å². The molecule has 2 fully saturated rings. The fraction of sp³-hybridized carbons (Fsp3) is 0.667. The molecule has 0 radical (unpaired) electrons. The molecule has 8 heteroatoms. The van der Waals surface area contributed by atoms with Crippen LogP contribution >= 0.6 is 0 Å². The summed E-state index contributed by atoms with van der Waals surface area (Å²) in [5, 5.41) is 16.7. The number of urea groups is 2. The summed E-state index contributed by atoms with van der Waals surface area (Å²) in [4.78, 5) is 35.2. The molecule has 0 aromatic heterocycles. The summed E-state index contributed by atoms with van der Waals surface area (Å²) < 4.78 is 0. The molecule has 0 aromatic rings. The Hall–Kier alpha value is -1.99. The number of amides is 4. The van der Waals surface area contributed by atoms with Gasteiger partial charge in [0.25, 0.3) is 0 Å². The third-order valence-corrected chi connectivity index (χ3v) is 2.88. The Labute approximate surface area is 97.3 Å². The van der Waals surface area contributed by atoms with Crippen LogP contribution in [0, 0.1) is 5.92 Å². The summed E-state index contributed by atoms with van der Waals surface area (Å²) >= 11 is 0. The molecule has 2 saturated heterocycles. The minimum atomic E-state index is -1.09. The van der Waals surface area contributed by atoms with Crippen molar-refractivity contribution in [3.63, 3.8) is 0 Å². The molecular weight excluding hydrogens is 228 g/mol. The zero-order valence-electron chi connectivity index (χ0n) is 9.43. The highest BCUT2D eigenvalue weighted by atomic mass is 16.4. The molecule has 2 aliphatic heterocycles. The topological polar surface area (TPSA) is 111 Å². The fourth-order valence-electron chi connectivity index (χ4n) is 2.18. The summed E-state index contributed by atoms with van der Waals surface area (Å²) in [5.74, 6) is -1.34. The quantitative estimate of drug-likeness (QED) is 0.513. The molecule has 3 atom stereocenters. The zero-order valence-corrected chi connectivity index (χ0v) is 9.43. The third kappa shape index (κ3) is 1.75. The maximum Gasteiger partial charge on any atom is 0.326 e. The molecule has 2 rings (SSSR count). The van der Waals surface area contributed by atoms with Crippen LogP contribution in [0.3, 0.4) is 0 Å². The zero-order chi connectivity index (χ0) is 12.7. The first-order valence-electron chi connectivity index (χ1n) is 5.30. The second-order valence-corrected chi connectivity index (χ2v) is 4.42. The van der Waals surface area contributed by atoms with E-state index >= 15 is 0 Å². The van der Waals surface area contributed by atoms with Gasteiger partial charge in [0.05, 0.1) is 0 Å². The number of nitrogens with zero attached hydrogens (tertiary/aromatic N) is 1. The van der Waals surface area contributed by atoms with E-state index in [1.54, 1.807) is 13.8 Å². The van der Waals surface area contributed by atoms with Gasteiger partial charge in [0.2, 0.25) is 0 Å². The van der Waals surface area contributed by atoms with Crippen LogP contribution in [-0.2, 0) is 4.79 Å². The van der Waals surface area contributed by atoms with E-state index in [9.17, 15) is 14.4 Å². The number of carboxylic acid groups (broad SMARTS) is 1. The van der Waals surface area contributed by atoms with E-state index in [4.69, 9.17) is 5.11 Å². The number of rotatable bonds is 3. The number of hydrogen-bond donors (Lipinski definition) is 4. The van der Waals surface area contributed by atoms with Crippen molar-refractivity contribution in [3.05, 3.63) is 0 Å². The fourth-order valence-corrected chi connectivity index (χ4v) is 2.18. The maximum absolute atomic E-state index is 11.7. The van der Waals surface area contributed by atoms with Crippen molar-refractivity contribution in [2.24, 2.45) is 5.92 Å². The van der Waals surface area contributed by atoms with Gasteiger partial charge in [-0.2, -0.15) is 0 Å². The minimum absolute atomic E-state index is 0.255. The number of carboxylic acids is 1.